The van der Waals surface area contributed by atoms with Crippen LogP contribution in [0.25, 0.3) is 10.1 Å². The van der Waals surface area contributed by atoms with Crippen LogP contribution in [0, 0.1) is 5.92 Å². The third kappa shape index (κ3) is 2.21. The van der Waals surface area contributed by atoms with Crippen molar-refractivity contribution in [3.8, 4) is 0 Å². The van der Waals surface area contributed by atoms with Crippen LogP contribution in [0.4, 0.5) is 0 Å². The molecule has 0 saturated carbocycles. The van der Waals surface area contributed by atoms with E-state index in [-0.39, 0.29) is 0 Å². The van der Waals surface area contributed by atoms with Gasteiger partial charge >= 0.3 is 0 Å². The molecule has 1 nitrogen and oxygen atoms in total. The van der Waals surface area contributed by atoms with Crippen LogP contribution in [0.15, 0.2) is 29.6 Å². The Morgan fingerprint density at radius 2 is 2.13 bits per heavy atom. The van der Waals surface area contributed by atoms with Crippen LogP contribution >= 0.6 is 11.3 Å². The number of hydrogen-bond acceptors (Lipinski definition) is 2. The van der Waals surface area contributed by atoms with E-state index in [0.29, 0.717) is 5.92 Å². The minimum atomic E-state index is 0.628. The molecule has 1 atom stereocenters. The summed E-state index contributed by atoms with van der Waals surface area (Å²) >= 11 is 1.84. The molecule has 1 unspecified atom stereocenters. The molecule has 2 aromatic rings. The van der Waals surface area contributed by atoms with Crippen molar-refractivity contribution in [1.29, 1.82) is 0 Å². The van der Waals surface area contributed by atoms with Crippen molar-refractivity contribution >= 4 is 21.4 Å². The van der Waals surface area contributed by atoms with Gasteiger partial charge in [-0.3, -0.25) is 0 Å². The van der Waals surface area contributed by atoms with Crippen LogP contribution in [-0.4, -0.2) is 6.54 Å². The summed E-state index contributed by atoms with van der Waals surface area (Å²) in [5.74, 6) is 0.628. The smallest absolute Gasteiger partial charge is 0.0345 e. The Morgan fingerprint density at radius 1 is 1.33 bits per heavy atom. The van der Waals surface area contributed by atoms with Crippen LogP contribution in [0.1, 0.15) is 18.9 Å². The predicted octanol–water partition coefficient (Wildman–Crippen LogP) is 3.43. The topological polar surface area (TPSA) is 26.0 Å². The van der Waals surface area contributed by atoms with Gasteiger partial charge in [0.05, 0.1) is 0 Å². The molecule has 1 heterocycles. The molecule has 0 radical (unpaired) electrons. The van der Waals surface area contributed by atoms with Gasteiger partial charge in [0.1, 0.15) is 0 Å². The Labute approximate surface area is 94.9 Å². The quantitative estimate of drug-likeness (QED) is 0.837. The number of thiophene rings is 1. The molecule has 0 spiro atoms. The standard InChI is InChI=1S/C13H17NS/c1-2-10(8-14)7-11-9-15-13-6-4-3-5-12(11)13/h3-6,9-10H,2,7-8,14H2,1H3. The first-order valence-corrected chi connectivity index (χ1v) is 6.38. The van der Waals surface area contributed by atoms with E-state index in [9.17, 15) is 0 Å². The molecule has 0 aliphatic carbocycles. The second kappa shape index (κ2) is 4.77. The highest BCUT2D eigenvalue weighted by atomic mass is 32.1. The summed E-state index contributed by atoms with van der Waals surface area (Å²) in [7, 11) is 0. The summed E-state index contributed by atoms with van der Waals surface area (Å²) in [5, 5.41) is 3.69. The Kier molecular flexibility index (Phi) is 3.39. The van der Waals surface area contributed by atoms with Crippen molar-refractivity contribution in [2.45, 2.75) is 19.8 Å². The molecule has 0 fully saturated rings. The van der Waals surface area contributed by atoms with E-state index in [1.165, 1.54) is 22.1 Å². The largest absolute Gasteiger partial charge is 0.330 e. The lowest BCUT2D eigenvalue weighted by atomic mass is 9.97. The summed E-state index contributed by atoms with van der Waals surface area (Å²) < 4.78 is 1.39. The zero-order valence-electron chi connectivity index (χ0n) is 9.07. The third-order valence-corrected chi connectivity index (χ3v) is 3.99. The first-order chi connectivity index (χ1) is 7.35. The van der Waals surface area contributed by atoms with Gasteiger partial charge in [-0.05, 0) is 41.3 Å². The number of hydrogen-bond donors (Lipinski definition) is 1. The Hall–Kier alpha value is -0.860. The van der Waals surface area contributed by atoms with E-state index in [4.69, 9.17) is 5.73 Å². The van der Waals surface area contributed by atoms with Gasteiger partial charge < -0.3 is 5.73 Å². The molecule has 0 amide bonds. The van der Waals surface area contributed by atoms with Gasteiger partial charge in [-0.2, -0.15) is 0 Å². The van der Waals surface area contributed by atoms with Crippen LogP contribution in [0.5, 0.6) is 0 Å². The fourth-order valence-electron chi connectivity index (χ4n) is 1.90. The van der Waals surface area contributed by atoms with Crippen molar-refractivity contribution in [3.63, 3.8) is 0 Å². The maximum atomic E-state index is 5.75. The number of nitrogens with two attached hydrogens (primary N) is 1. The summed E-state index contributed by atoms with van der Waals surface area (Å²) in [6, 6.07) is 8.61. The molecule has 80 valence electrons. The van der Waals surface area contributed by atoms with Gasteiger partial charge in [-0.15, -0.1) is 11.3 Å². The Balaban J connectivity index is 2.28. The maximum Gasteiger partial charge on any atom is 0.0345 e. The van der Waals surface area contributed by atoms with Crippen LogP contribution in [-0.2, 0) is 6.42 Å². The average molecular weight is 219 g/mol. The normalized spacial score (nSPS) is 13.2. The molecule has 0 aliphatic rings. The van der Waals surface area contributed by atoms with Crippen molar-refractivity contribution in [3.05, 3.63) is 35.2 Å². The monoisotopic (exact) mass is 219 g/mol. The minimum Gasteiger partial charge on any atom is -0.330 e. The van der Waals surface area contributed by atoms with Gasteiger partial charge in [0.2, 0.25) is 0 Å². The van der Waals surface area contributed by atoms with E-state index in [0.717, 1.165) is 13.0 Å². The molecule has 2 rings (SSSR count). The van der Waals surface area contributed by atoms with Crippen molar-refractivity contribution in [1.82, 2.24) is 0 Å². The summed E-state index contributed by atoms with van der Waals surface area (Å²) in [6.07, 6.45) is 2.29. The average Bonchev–Trinajstić information content (AvgIpc) is 2.69. The van der Waals surface area contributed by atoms with Crippen LogP contribution in [0.2, 0.25) is 0 Å². The lowest BCUT2D eigenvalue weighted by Gasteiger charge is -2.10. The second-order valence-corrected chi connectivity index (χ2v) is 4.88. The van der Waals surface area contributed by atoms with E-state index in [1.54, 1.807) is 0 Å². The van der Waals surface area contributed by atoms with Gasteiger partial charge in [0.15, 0.2) is 0 Å². The molecule has 2 N–H and O–H groups in total. The fraction of sp³-hybridized carbons (Fsp3) is 0.385. The molecule has 2 heteroatoms. The second-order valence-electron chi connectivity index (χ2n) is 3.97. The highest BCUT2D eigenvalue weighted by Gasteiger charge is 2.09. The molecule has 1 aromatic heterocycles. The Morgan fingerprint density at radius 3 is 2.87 bits per heavy atom. The summed E-state index contributed by atoms with van der Waals surface area (Å²) in [5.41, 5.74) is 7.21. The van der Waals surface area contributed by atoms with Gasteiger partial charge in [0.25, 0.3) is 0 Å². The lowest BCUT2D eigenvalue weighted by molar-refractivity contribution is 0.521. The number of fused-ring (bicyclic) bond motifs is 1. The molecule has 0 aliphatic heterocycles. The molecule has 1 aromatic carbocycles. The van der Waals surface area contributed by atoms with E-state index >= 15 is 0 Å². The van der Waals surface area contributed by atoms with Crippen molar-refractivity contribution in [2.24, 2.45) is 11.7 Å². The highest BCUT2D eigenvalue weighted by Crippen LogP contribution is 2.27. The Bertz CT molecular complexity index is 429. The SMILES string of the molecule is CCC(CN)Cc1csc2ccccc12. The van der Waals surface area contributed by atoms with E-state index in [1.807, 2.05) is 11.3 Å². The van der Waals surface area contributed by atoms with Crippen molar-refractivity contribution < 1.29 is 0 Å². The zero-order valence-corrected chi connectivity index (χ0v) is 9.89. The highest BCUT2D eigenvalue weighted by molar-refractivity contribution is 7.17. The van der Waals surface area contributed by atoms with Gasteiger partial charge in [0, 0.05) is 4.70 Å². The zero-order chi connectivity index (χ0) is 10.7. The minimum absolute atomic E-state index is 0.628. The fourth-order valence-corrected chi connectivity index (χ4v) is 2.87. The van der Waals surface area contributed by atoms with Crippen LogP contribution < -0.4 is 5.73 Å². The first kappa shape index (κ1) is 10.7. The van der Waals surface area contributed by atoms with Crippen molar-refractivity contribution in [2.75, 3.05) is 6.54 Å². The lowest BCUT2D eigenvalue weighted by Crippen LogP contribution is -2.15. The predicted molar refractivity (Wildman–Crippen MR) is 68.4 cm³/mol. The summed E-state index contributed by atoms with van der Waals surface area (Å²) in [6.45, 7) is 3.01. The van der Waals surface area contributed by atoms with Gasteiger partial charge in [-0.1, -0.05) is 31.5 Å². The number of rotatable bonds is 4. The molecular formula is C13H17NS. The van der Waals surface area contributed by atoms with E-state index in [2.05, 4.69) is 36.6 Å². The first-order valence-electron chi connectivity index (χ1n) is 5.50. The molecular weight excluding hydrogens is 202 g/mol. The molecule has 15 heavy (non-hydrogen) atoms. The maximum absolute atomic E-state index is 5.75. The third-order valence-electron chi connectivity index (χ3n) is 2.98. The molecule has 0 bridgehead atoms. The summed E-state index contributed by atoms with van der Waals surface area (Å²) in [4.78, 5) is 0. The van der Waals surface area contributed by atoms with E-state index < -0.39 is 0 Å². The number of benzene rings is 1. The van der Waals surface area contributed by atoms with Gasteiger partial charge in [-0.25, -0.2) is 0 Å². The van der Waals surface area contributed by atoms with Crippen LogP contribution in [0.3, 0.4) is 0 Å². The molecule has 0 saturated heterocycles.